The number of fused-ring (bicyclic) bond motifs is 1. The van der Waals surface area contributed by atoms with Crippen molar-refractivity contribution in [1.82, 2.24) is 9.97 Å². The van der Waals surface area contributed by atoms with E-state index in [0.717, 1.165) is 15.9 Å². The quantitative estimate of drug-likeness (QED) is 0.699. The average Bonchev–Trinajstić information content (AvgIpc) is 2.91. The van der Waals surface area contributed by atoms with Crippen molar-refractivity contribution < 1.29 is 4.79 Å². The number of nitrogens with zero attached hydrogens (tertiary/aromatic N) is 1. The van der Waals surface area contributed by atoms with Crippen LogP contribution in [0.5, 0.6) is 0 Å². The number of thioether (sulfide) groups is 1. The van der Waals surface area contributed by atoms with Crippen LogP contribution in [0.3, 0.4) is 0 Å². The molecule has 1 unspecified atom stereocenters. The van der Waals surface area contributed by atoms with E-state index in [1.807, 2.05) is 55.5 Å². The van der Waals surface area contributed by atoms with Gasteiger partial charge in [0.25, 0.3) is 0 Å². The van der Waals surface area contributed by atoms with Gasteiger partial charge in [-0.25, -0.2) is 4.98 Å². The van der Waals surface area contributed by atoms with Crippen LogP contribution in [-0.4, -0.2) is 21.1 Å². The lowest BCUT2D eigenvalue weighted by Gasteiger charge is -2.10. The van der Waals surface area contributed by atoms with E-state index in [1.165, 1.54) is 11.8 Å². The fourth-order valence-electron chi connectivity index (χ4n) is 2.00. The number of H-pyrrole nitrogens is 1. The second-order valence-electron chi connectivity index (χ2n) is 4.81. The molecule has 22 heavy (non-hydrogen) atoms. The maximum atomic E-state index is 12.2. The minimum atomic E-state index is -0.241. The lowest BCUT2D eigenvalue weighted by Crippen LogP contribution is -2.22. The number of amides is 1. The Hall–Kier alpha value is -1.98. The van der Waals surface area contributed by atoms with Crippen LogP contribution in [0.1, 0.15) is 6.92 Å². The molecule has 112 valence electrons. The summed E-state index contributed by atoms with van der Waals surface area (Å²) in [7, 11) is 0. The number of hydrogen-bond acceptors (Lipinski definition) is 3. The molecule has 2 N–H and O–H groups in total. The van der Waals surface area contributed by atoms with E-state index in [2.05, 4.69) is 15.3 Å². The van der Waals surface area contributed by atoms with Gasteiger partial charge in [-0.05, 0) is 43.3 Å². The summed E-state index contributed by atoms with van der Waals surface area (Å²) in [4.78, 5) is 20.7. The smallest absolute Gasteiger partial charge is 0.239 e. The van der Waals surface area contributed by atoms with E-state index in [-0.39, 0.29) is 11.2 Å². The Bertz CT molecular complexity index is 768. The zero-order chi connectivity index (χ0) is 15.5. The zero-order valence-corrected chi connectivity index (χ0v) is 13.4. The van der Waals surface area contributed by atoms with Crippen LogP contribution in [0.4, 0.5) is 5.95 Å². The second-order valence-corrected chi connectivity index (χ2v) is 6.66. The standard InChI is InChI=1S/C16H14ClN3OS/c1-10(22-12-8-6-11(17)7-9-12)15(21)20-16-18-13-4-2-3-5-14(13)19-16/h2-10H,1H3,(H2,18,19,20,21). The molecule has 1 heterocycles. The molecule has 1 aromatic heterocycles. The van der Waals surface area contributed by atoms with Crippen molar-refractivity contribution in [2.45, 2.75) is 17.1 Å². The van der Waals surface area contributed by atoms with Gasteiger partial charge in [0.1, 0.15) is 0 Å². The molecular weight excluding hydrogens is 318 g/mol. The summed E-state index contributed by atoms with van der Waals surface area (Å²) in [5.41, 5.74) is 1.73. The average molecular weight is 332 g/mol. The highest BCUT2D eigenvalue weighted by Crippen LogP contribution is 2.25. The highest BCUT2D eigenvalue weighted by Gasteiger charge is 2.16. The van der Waals surface area contributed by atoms with Gasteiger partial charge in [0.05, 0.1) is 16.3 Å². The number of para-hydroxylation sites is 2. The fraction of sp³-hybridized carbons (Fsp3) is 0.125. The van der Waals surface area contributed by atoms with Crippen LogP contribution in [-0.2, 0) is 4.79 Å². The largest absolute Gasteiger partial charge is 0.324 e. The van der Waals surface area contributed by atoms with Crippen LogP contribution in [0, 0.1) is 0 Å². The highest BCUT2D eigenvalue weighted by atomic mass is 35.5. The van der Waals surface area contributed by atoms with Crippen LogP contribution < -0.4 is 5.32 Å². The monoisotopic (exact) mass is 331 g/mol. The molecule has 1 atom stereocenters. The number of rotatable bonds is 4. The topological polar surface area (TPSA) is 57.8 Å². The molecule has 3 rings (SSSR count). The van der Waals surface area contributed by atoms with Crippen molar-refractivity contribution in [2.24, 2.45) is 0 Å². The van der Waals surface area contributed by atoms with Crippen LogP contribution >= 0.6 is 23.4 Å². The third-order valence-corrected chi connectivity index (χ3v) is 4.49. The third-order valence-electron chi connectivity index (χ3n) is 3.13. The number of carbonyl (C=O) groups excluding carboxylic acids is 1. The predicted octanol–water partition coefficient (Wildman–Crippen LogP) is 4.34. The van der Waals surface area contributed by atoms with Crippen LogP contribution in [0.15, 0.2) is 53.4 Å². The van der Waals surface area contributed by atoms with Crippen molar-refractivity contribution in [2.75, 3.05) is 5.32 Å². The molecule has 0 bridgehead atoms. The normalized spacial score (nSPS) is 12.3. The van der Waals surface area contributed by atoms with E-state index in [0.29, 0.717) is 11.0 Å². The molecule has 0 aliphatic rings. The van der Waals surface area contributed by atoms with E-state index in [9.17, 15) is 4.79 Å². The summed E-state index contributed by atoms with van der Waals surface area (Å²) < 4.78 is 0. The molecule has 0 aliphatic heterocycles. The van der Waals surface area contributed by atoms with Crippen molar-refractivity contribution in [3.05, 3.63) is 53.6 Å². The molecule has 0 fully saturated rings. The first kappa shape index (κ1) is 14.9. The number of imidazole rings is 1. The number of aromatic amines is 1. The summed E-state index contributed by atoms with van der Waals surface area (Å²) in [6.45, 7) is 1.86. The highest BCUT2D eigenvalue weighted by molar-refractivity contribution is 8.00. The van der Waals surface area contributed by atoms with Crippen molar-refractivity contribution in [3.8, 4) is 0 Å². The van der Waals surface area contributed by atoms with Gasteiger partial charge >= 0.3 is 0 Å². The second kappa shape index (κ2) is 6.42. The minimum Gasteiger partial charge on any atom is -0.324 e. The minimum absolute atomic E-state index is 0.0981. The van der Waals surface area contributed by atoms with Gasteiger partial charge in [-0.3, -0.25) is 10.1 Å². The number of anilines is 1. The number of hydrogen-bond donors (Lipinski definition) is 2. The Balaban J connectivity index is 1.66. The van der Waals surface area contributed by atoms with Gasteiger partial charge in [0.15, 0.2) is 0 Å². The number of benzene rings is 2. The lowest BCUT2D eigenvalue weighted by atomic mass is 10.3. The van der Waals surface area contributed by atoms with E-state index in [1.54, 1.807) is 0 Å². The third kappa shape index (κ3) is 3.43. The number of carbonyl (C=O) groups is 1. The molecule has 0 spiro atoms. The predicted molar refractivity (Wildman–Crippen MR) is 91.5 cm³/mol. The maximum absolute atomic E-state index is 12.2. The molecule has 0 saturated carbocycles. The van der Waals surface area contributed by atoms with Gasteiger partial charge in [-0.15, -0.1) is 11.8 Å². The summed E-state index contributed by atoms with van der Waals surface area (Å²) in [5, 5.41) is 3.25. The Morgan fingerprint density at radius 3 is 2.68 bits per heavy atom. The van der Waals surface area contributed by atoms with E-state index >= 15 is 0 Å². The van der Waals surface area contributed by atoms with E-state index < -0.39 is 0 Å². The number of nitrogens with one attached hydrogen (secondary N) is 2. The first-order valence-corrected chi connectivity index (χ1v) is 8.05. The van der Waals surface area contributed by atoms with Gasteiger partial charge < -0.3 is 4.98 Å². The fourth-order valence-corrected chi connectivity index (χ4v) is 2.99. The van der Waals surface area contributed by atoms with Crippen molar-refractivity contribution >= 4 is 46.3 Å². The van der Waals surface area contributed by atoms with Crippen molar-refractivity contribution in [3.63, 3.8) is 0 Å². The van der Waals surface area contributed by atoms with Gasteiger partial charge in [0, 0.05) is 9.92 Å². The first-order valence-electron chi connectivity index (χ1n) is 6.79. The SMILES string of the molecule is CC(Sc1ccc(Cl)cc1)C(=O)Nc1nc2ccccc2[nH]1. The van der Waals surface area contributed by atoms with Crippen LogP contribution in [0.25, 0.3) is 11.0 Å². The van der Waals surface area contributed by atoms with Crippen LogP contribution in [0.2, 0.25) is 5.02 Å². The lowest BCUT2D eigenvalue weighted by molar-refractivity contribution is -0.115. The summed E-state index contributed by atoms with van der Waals surface area (Å²) in [5.74, 6) is 0.369. The van der Waals surface area contributed by atoms with Gasteiger partial charge in [-0.2, -0.15) is 0 Å². The molecule has 2 aromatic carbocycles. The Morgan fingerprint density at radius 2 is 1.95 bits per heavy atom. The first-order chi connectivity index (χ1) is 10.6. The van der Waals surface area contributed by atoms with Gasteiger partial charge in [0.2, 0.25) is 11.9 Å². The van der Waals surface area contributed by atoms with E-state index in [4.69, 9.17) is 11.6 Å². The molecule has 0 aliphatic carbocycles. The maximum Gasteiger partial charge on any atom is 0.239 e. The summed E-state index contributed by atoms with van der Waals surface area (Å²) >= 11 is 7.33. The number of aromatic nitrogens is 2. The summed E-state index contributed by atoms with van der Waals surface area (Å²) in [6.07, 6.45) is 0. The molecule has 0 saturated heterocycles. The Morgan fingerprint density at radius 1 is 1.23 bits per heavy atom. The molecule has 3 aromatic rings. The zero-order valence-electron chi connectivity index (χ0n) is 11.8. The van der Waals surface area contributed by atoms with Gasteiger partial charge in [-0.1, -0.05) is 23.7 Å². The molecule has 0 radical (unpaired) electrons. The molecule has 1 amide bonds. The van der Waals surface area contributed by atoms with Crippen molar-refractivity contribution in [1.29, 1.82) is 0 Å². The summed E-state index contributed by atoms with van der Waals surface area (Å²) in [6, 6.07) is 15.1. The molecular formula is C16H14ClN3OS. The Labute approximate surface area is 137 Å². The molecule has 4 nitrogen and oxygen atoms in total. The molecule has 6 heteroatoms. The Kier molecular flexibility index (Phi) is 4.36. The number of halogens is 1.